The molecule has 0 fully saturated rings. The summed E-state index contributed by atoms with van der Waals surface area (Å²) in [5, 5.41) is 0.829. The maximum absolute atomic E-state index is 13.1. The fourth-order valence-electron chi connectivity index (χ4n) is 2.99. The quantitative estimate of drug-likeness (QED) is 0.501. The molecule has 9 heteroatoms. The number of carbonyl (C=O) groups excluding carboxylic acids is 1. The number of halogens is 1. The van der Waals surface area contributed by atoms with Gasteiger partial charge in [0.15, 0.2) is 5.65 Å². The average molecular weight is 400 g/mol. The van der Waals surface area contributed by atoms with Crippen molar-refractivity contribution in [1.29, 1.82) is 0 Å². The fraction of sp³-hybridized carbons (Fsp3) is 0.263. The Morgan fingerprint density at radius 1 is 1.21 bits per heavy atom. The molecule has 144 valence electrons. The fourth-order valence-corrected chi connectivity index (χ4v) is 3.16. The zero-order valence-corrected chi connectivity index (χ0v) is 16.5. The van der Waals surface area contributed by atoms with Gasteiger partial charge in [-0.05, 0) is 56.6 Å². The number of H-pyrrole nitrogens is 1. The summed E-state index contributed by atoms with van der Waals surface area (Å²) in [4.78, 5) is 28.7. The van der Waals surface area contributed by atoms with E-state index in [9.17, 15) is 4.79 Å². The number of ether oxygens (including phenoxy) is 2. The number of nitrogens with one attached hydrogen (secondary N) is 1. The van der Waals surface area contributed by atoms with Gasteiger partial charge in [0.05, 0.1) is 24.6 Å². The number of fused-ring (bicyclic) bond motifs is 2. The Hall–Kier alpha value is -3.13. The van der Waals surface area contributed by atoms with Crippen molar-refractivity contribution in [1.82, 2.24) is 24.5 Å². The van der Waals surface area contributed by atoms with Crippen molar-refractivity contribution in [2.24, 2.45) is 0 Å². The second-order valence-electron chi connectivity index (χ2n) is 7.21. The molecule has 0 radical (unpaired) electrons. The second-order valence-corrected chi connectivity index (χ2v) is 7.55. The summed E-state index contributed by atoms with van der Waals surface area (Å²) in [5.74, 6) is 0.674. The molecule has 3 heterocycles. The second kappa shape index (κ2) is 6.49. The summed E-state index contributed by atoms with van der Waals surface area (Å²) in [7, 11) is 1.59. The first-order valence-corrected chi connectivity index (χ1v) is 8.94. The van der Waals surface area contributed by atoms with Crippen LogP contribution in [0.25, 0.3) is 33.5 Å². The Kier molecular flexibility index (Phi) is 4.23. The monoisotopic (exact) mass is 399 g/mol. The Morgan fingerprint density at radius 3 is 2.71 bits per heavy atom. The minimum absolute atomic E-state index is 0.0353. The van der Waals surface area contributed by atoms with Gasteiger partial charge in [-0.25, -0.2) is 19.3 Å². The lowest BCUT2D eigenvalue weighted by molar-refractivity contribution is 0.0547. The Morgan fingerprint density at radius 2 is 2.00 bits per heavy atom. The van der Waals surface area contributed by atoms with E-state index in [4.69, 9.17) is 21.1 Å². The molecule has 0 aliphatic rings. The van der Waals surface area contributed by atoms with E-state index < -0.39 is 11.7 Å². The highest BCUT2D eigenvalue weighted by Gasteiger charge is 2.25. The number of aromatic amines is 1. The summed E-state index contributed by atoms with van der Waals surface area (Å²) >= 11 is 6.09. The van der Waals surface area contributed by atoms with Crippen LogP contribution in [0.3, 0.4) is 0 Å². The van der Waals surface area contributed by atoms with Gasteiger partial charge in [-0.2, -0.15) is 4.98 Å². The third-order valence-electron chi connectivity index (χ3n) is 4.09. The number of rotatable bonds is 2. The highest BCUT2D eigenvalue weighted by Crippen LogP contribution is 2.33. The lowest BCUT2D eigenvalue weighted by Crippen LogP contribution is -2.27. The third-order valence-corrected chi connectivity index (χ3v) is 4.25. The highest BCUT2D eigenvalue weighted by atomic mass is 35.5. The molecule has 0 aliphatic heterocycles. The Bertz CT molecular complexity index is 1210. The van der Waals surface area contributed by atoms with Crippen LogP contribution in [-0.4, -0.2) is 43.3 Å². The van der Waals surface area contributed by atoms with Crippen LogP contribution < -0.4 is 4.74 Å². The van der Waals surface area contributed by atoms with Crippen LogP contribution in [-0.2, 0) is 4.74 Å². The summed E-state index contributed by atoms with van der Waals surface area (Å²) in [5.41, 5.74) is 1.94. The van der Waals surface area contributed by atoms with E-state index in [2.05, 4.69) is 19.9 Å². The average Bonchev–Trinajstić information content (AvgIpc) is 3.22. The predicted molar refractivity (Wildman–Crippen MR) is 106 cm³/mol. The summed E-state index contributed by atoms with van der Waals surface area (Å²) in [6, 6.07) is 7.26. The van der Waals surface area contributed by atoms with Crippen LogP contribution in [0.5, 0.6) is 5.75 Å². The topological polar surface area (TPSA) is 94.9 Å². The molecule has 4 aromatic rings. The number of methoxy groups -OCH3 is 1. The summed E-state index contributed by atoms with van der Waals surface area (Å²) in [6.45, 7) is 5.44. The van der Waals surface area contributed by atoms with E-state index in [0.717, 1.165) is 5.39 Å². The molecule has 0 spiro atoms. The molecule has 0 aliphatic carbocycles. The molecule has 8 nitrogen and oxygen atoms in total. The molecule has 3 aromatic heterocycles. The van der Waals surface area contributed by atoms with E-state index in [1.54, 1.807) is 19.2 Å². The van der Waals surface area contributed by atoms with Gasteiger partial charge in [-0.15, -0.1) is 0 Å². The number of imidazole rings is 1. The number of benzene rings is 1. The molecule has 0 unspecified atom stereocenters. The molecule has 0 bridgehead atoms. The van der Waals surface area contributed by atoms with Gasteiger partial charge >= 0.3 is 6.09 Å². The van der Waals surface area contributed by atoms with Crippen LogP contribution in [0.2, 0.25) is 5.28 Å². The van der Waals surface area contributed by atoms with E-state index in [0.29, 0.717) is 33.8 Å². The van der Waals surface area contributed by atoms with E-state index in [1.807, 2.05) is 32.9 Å². The van der Waals surface area contributed by atoms with Crippen molar-refractivity contribution in [3.05, 3.63) is 35.9 Å². The zero-order chi connectivity index (χ0) is 20.1. The van der Waals surface area contributed by atoms with Crippen molar-refractivity contribution in [3.8, 4) is 17.1 Å². The molecular formula is C19H18ClN5O3. The van der Waals surface area contributed by atoms with Crippen molar-refractivity contribution >= 4 is 39.8 Å². The first kappa shape index (κ1) is 18.2. The van der Waals surface area contributed by atoms with Gasteiger partial charge in [0.2, 0.25) is 5.28 Å². The molecule has 1 aromatic carbocycles. The molecule has 0 atom stereocenters. The number of carbonyl (C=O) groups is 1. The zero-order valence-electron chi connectivity index (χ0n) is 15.8. The van der Waals surface area contributed by atoms with E-state index >= 15 is 0 Å². The van der Waals surface area contributed by atoms with Gasteiger partial charge in [-0.1, -0.05) is 0 Å². The number of nitrogens with zero attached hydrogens (tertiary/aromatic N) is 4. The first-order chi connectivity index (χ1) is 13.3. The van der Waals surface area contributed by atoms with Gasteiger partial charge in [0, 0.05) is 5.39 Å². The SMILES string of the molecule is COc1ccc2c(c1)cc(-c1nc(Cl)nc3nc[nH]c13)n2C(=O)OC(C)(C)C. The maximum atomic E-state index is 13.1. The standard InChI is InChI=1S/C19H18ClN5O3/c1-19(2,3)28-18(26)25-12-6-5-11(27-4)7-10(12)8-13(25)14-15-16(22-9-21-15)24-17(20)23-14/h5-9H,1-4H3,(H,21,22,23,24). The van der Waals surface area contributed by atoms with Crippen LogP contribution in [0, 0.1) is 0 Å². The Labute approximate surface area is 165 Å². The molecule has 4 rings (SSSR count). The highest BCUT2D eigenvalue weighted by molar-refractivity contribution is 6.28. The summed E-state index contributed by atoms with van der Waals surface area (Å²) < 4.78 is 12.4. The van der Waals surface area contributed by atoms with Gasteiger partial charge in [0.25, 0.3) is 0 Å². The molecule has 1 N–H and O–H groups in total. The van der Waals surface area contributed by atoms with Crippen molar-refractivity contribution in [2.75, 3.05) is 7.11 Å². The van der Waals surface area contributed by atoms with Crippen LogP contribution >= 0.6 is 11.6 Å². The smallest absolute Gasteiger partial charge is 0.419 e. The van der Waals surface area contributed by atoms with Crippen molar-refractivity contribution in [2.45, 2.75) is 26.4 Å². The molecule has 28 heavy (non-hydrogen) atoms. The van der Waals surface area contributed by atoms with E-state index in [-0.39, 0.29) is 5.28 Å². The van der Waals surface area contributed by atoms with Gasteiger partial charge in [0.1, 0.15) is 22.6 Å². The minimum Gasteiger partial charge on any atom is -0.497 e. The number of hydrogen-bond donors (Lipinski definition) is 1. The van der Waals surface area contributed by atoms with Gasteiger partial charge in [-0.3, -0.25) is 0 Å². The Balaban J connectivity index is 2.02. The predicted octanol–water partition coefficient (Wildman–Crippen LogP) is 4.42. The lowest BCUT2D eigenvalue weighted by Gasteiger charge is -2.21. The van der Waals surface area contributed by atoms with Crippen molar-refractivity contribution in [3.63, 3.8) is 0 Å². The largest absolute Gasteiger partial charge is 0.497 e. The normalized spacial score (nSPS) is 11.9. The van der Waals surface area contributed by atoms with Crippen LogP contribution in [0.15, 0.2) is 30.6 Å². The third kappa shape index (κ3) is 3.16. The molecular weight excluding hydrogens is 382 g/mol. The van der Waals surface area contributed by atoms with Gasteiger partial charge < -0.3 is 14.5 Å². The molecule has 0 amide bonds. The summed E-state index contributed by atoms with van der Waals surface area (Å²) in [6.07, 6.45) is 0.980. The number of hydrogen-bond acceptors (Lipinski definition) is 6. The number of aromatic nitrogens is 5. The van der Waals surface area contributed by atoms with Crippen LogP contribution in [0.1, 0.15) is 20.8 Å². The lowest BCUT2D eigenvalue weighted by atomic mass is 10.2. The maximum Gasteiger partial charge on any atom is 0.419 e. The molecule has 0 saturated carbocycles. The van der Waals surface area contributed by atoms with E-state index in [1.165, 1.54) is 10.9 Å². The van der Waals surface area contributed by atoms with Crippen LogP contribution in [0.4, 0.5) is 4.79 Å². The minimum atomic E-state index is -0.663. The van der Waals surface area contributed by atoms with Crippen molar-refractivity contribution < 1.29 is 14.3 Å². The molecule has 0 saturated heterocycles. The first-order valence-electron chi connectivity index (χ1n) is 8.56.